The highest BCUT2D eigenvalue weighted by Crippen LogP contribution is 2.53. The molecule has 29 heavy (non-hydrogen) atoms. The minimum atomic E-state index is -0.794. The van der Waals surface area contributed by atoms with E-state index in [2.05, 4.69) is 67.5 Å². The molecule has 0 aromatic heterocycles. The van der Waals surface area contributed by atoms with Gasteiger partial charge in [-0.25, -0.2) is 0 Å². The predicted octanol–water partition coefficient (Wildman–Crippen LogP) is 2.46. The molecule has 1 aromatic carbocycles. The number of piperidine rings is 2. The first-order valence-corrected chi connectivity index (χ1v) is 11.2. The minimum Gasteiger partial charge on any atom is -0.354 e. The molecular formula is C24H35N3O2. The van der Waals surface area contributed by atoms with Gasteiger partial charge >= 0.3 is 0 Å². The molecule has 5 rings (SSSR count). The van der Waals surface area contributed by atoms with Crippen molar-refractivity contribution in [3.8, 4) is 0 Å². The quantitative estimate of drug-likeness (QED) is 0.743. The van der Waals surface area contributed by atoms with Crippen molar-refractivity contribution in [1.82, 2.24) is 15.5 Å². The van der Waals surface area contributed by atoms with Crippen molar-refractivity contribution in [1.29, 1.82) is 0 Å². The summed E-state index contributed by atoms with van der Waals surface area (Å²) >= 11 is 0. The highest BCUT2D eigenvalue weighted by atomic mass is 16.2. The molecule has 3 heterocycles. The summed E-state index contributed by atoms with van der Waals surface area (Å²) in [5.41, 5.74) is 0.445. The van der Waals surface area contributed by atoms with E-state index in [4.69, 9.17) is 0 Å². The van der Waals surface area contributed by atoms with Gasteiger partial charge in [0.25, 0.3) is 0 Å². The van der Waals surface area contributed by atoms with Crippen LogP contribution >= 0.6 is 0 Å². The van der Waals surface area contributed by atoms with Gasteiger partial charge in [0.15, 0.2) is 0 Å². The molecule has 1 aromatic rings. The third-order valence-corrected chi connectivity index (χ3v) is 7.02. The van der Waals surface area contributed by atoms with E-state index >= 15 is 0 Å². The number of rotatable bonds is 7. The zero-order chi connectivity index (χ0) is 20.8. The van der Waals surface area contributed by atoms with Crippen LogP contribution in [0.15, 0.2) is 30.3 Å². The molecule has 4 aliphatic rings. The second-order valence-electron chi connectivity index (χ2n) is 10.2. The van der Waals surface area contributed by atoms with Gasteiger partial charge in [0.2, 0.25) is 11.8 Å². The van der Waals surface area contributed by atoms with Crippen molar-refractivity contribution in [3.63, 3.8) is 0 Å². The third-order valence-electron chi connectivity index (χ3n) is 7.02. The normalized spacial score (nSPS) is 33.4. The Hall–Kier alpha value is -1.88. The number of nitrogens with one attached hydrogen (secondary N) is 2. The van der Waals surface area contributed by atoms with Crippen LogP contribution in [-0.4, -0.2) is 47.9 Å². The molecule has 5 atom stereocenters. The summed E-state index contributed by atoms with van der Waals surface area (Å²) in [5.74, 6) is 1.41. The Morgan fingerprint density at radius 3 is 2.59 bits per heavy atom. The molecule has 5 unspecified atom stereocenters. The van der Waals surface area contributed by atoms with Crippen LogP contribution < -0.4 is 10.6 Å². The molecule has 3 aliphatic heterocycles. The van der Waals surface area contributed by atoms with E-state index in [1.54, 1.807) is 0 Å². The molecule has 2 N–H and O–H groups in total. The second-order valence-corrected chi connectivity index (χ2v) is 10.2. The summed E-state index contributed by atoms with van der Waals surface area (Å²) in [6, 6.07) is 10.6. The average Bonchev–Trinajstić information content (AvgIpc) is 2.97. The maximum absolute atomic E-state index is 13.5. The number of carbonyl (C=O) groups is 2. The van der Waals surface area contributed by atoms with E-state index < -0.39 is 5.54 Å². The van der Waals surface area contributed by atoms with Crippen LogP contribution in [0.25, 0.3) is 0 Å². The molecule has 4 bridgehead atoms. The van der Waals surface area contributed by atoms with Crippen LogP contribution in [0.3, 0.4) is 0 Å². The summed E-state index contributed by atoms with van der Waals surface area (Å²) in [5, 5.41) is 6.38. The Labute approximate surface area is 174 Å². The summed E-state index contributed by atoms with van der Waals surface area (Å²) in [4.78, 5) is 29.1. The van der Waals surface area contributed by atoms with Gasteiger partial charge in [-0.2, -0.15) is 0 Å². The highest BCUT2D eigenvalue weighted by Gasteiger charge is 2.67. The Kier molecular flexibility index (Phi) is 5.45. The molecule has 1 aliphatic carbocycles. The lowest BCUT2D eigenvalue weighted by Gasteiger charge is -2.55. The first-order valence-electron chi connectivity index (χ1n) is 11.2. The Balaban J connectivity index is 1.71. The molecular weight excluding hydrogens is 362 g/mol. The van der Waals surface area contributed by atoms with Crippen LogP contribution in [0.5, 0.6) is 0 Å². The van der Waals surface area contributed by atoms with E-state index in [-0.39, 0.29) is 35.6 Å². The van der Waals surface area contributed by atoms with Crippen molar-refractivity contribution in [3.05, 3.63) is 35.9 Å². The van der Waals surface area contributed by atoms with Gasteiger partial charge < -0.3 is 10.6 Å². The van der Waals surface area contributed by atoms with Gasteiger partial charge in [-0.3, -0.25) is 14.5 Å². The number of likely N-dealkylation sites (tertiary alicyclic amines) is 1. The average molecular weight is 398 g/mol. The van der Waals surface area contributed by atoms with E-state index in [1.807, 2.05) is 6.07 Å². The van der Waals surface area contributed by atoms with E-state index in [0.717, 1.165) is 25.9 Å². The summed E-state index contributed by atoms with van der Waals surface area (Å²) in [6.07, 6.45) is 1.58. The molecule has 4 fully saturated rings. The fourth-order valence-electron chi connectivity index (χ4n) is 6.01. The zero-order valence-electron chi connectivity index (χ0n) is 18.2. The maximum Gasteiger partial charge on any atom is 0.246 e. The fourth-order valence-corrected chi connectivity index (χ4v) is 6.01. The molecule has 158 valence electrons. The van der Waals surface area contributed by atoms with Gasteiger partial charge in [-0.05, 0) is 36.2 Å². The van der Waals surface area contributed by atoms with Crippen LogP contribution in [0.2, 0.25) is 0 Å². The highest BCUT2D eigenvalue weighted by molar-refractivity contribution is 5.96. The van der Waals surface area contributed by atoms with Crippen LogP contribution in [0.4, 0.5) is 0 Å². The van der Waals surface area contributed by atoms with Crippen LogP contribution in [0.1, 0.15) is 39.7 Å². The van der Waals surface area contributed by atoms with Gasteiger partial charge in [-0.1, -0.05) is 58.0 Å². The lowest BCUT2D eigenvalue weighted by atomic mass is 9.57. The van der Waals surface area contributed by atoms with Crippen molar-refractivity contribution >= 4 is 11.8 Å². The van der Waals surface area contributed by atoms with Crippen molar-refractivity contribution in [2.24, 2.45) is 29.6 Å². The van der Waals surface area contributed by atoms with E-state index in [9.17, 15) is 9.59 Å². The second kappa shape index (κ2) is 7.75. The van der Waals surface area contributed by atoms with Crippen LogP contribution in [0, 0.1) is 29.6 Å². The largest absolute Gasteiger partial charge is 0.354 e. The van der Waals surface area contributed by atoms with Crippen molar-refractivity contribution in [2.75, 3.05) is 19.6 Å². The van der Waals surface area contributed by atoms with Gasteiger partial charge in [-0.15, -0.1) is 0 Å². The fraction of sp³-hybridized carbons (Fsp3) is 0.667. The molecule has 2 amide bonds. The molecule has 5 nitrogen and oxygen atoms in total. The summed E-state index contributed by atoms with van der Waals surface area (Å²) in [7, 11) is 0. The lowest BCUT2D eigenvalue weighted by Crippen LogP contribution is -2.76. The Morgan fingerprint density at radius 1 is 1.21 bits per heavy atom. The first-order chi connectivity index (χ1) is 13.8. The number of benzene rings is 1. The topological polar surface area (TPSA) is 61.4 Å². The number of nitrogens with zero attached hydrogens (tertiary/aromatic N) is 1. The summed E-state index contributed by atoms with van der Waals surface area (Å²) in [6.45, 7) is 11.2. The standard InChI is InChI=1S/C24H35N3O2/c1-15(2)12-25-23(29)24-11-18-14-27(13-16(3)4)21(20(18)22(28)26-24)19(24)10-17-8-6-5-7-9-17/h5-9,15-16,18-21H,10-14H2,1-4H3,(H,25,29)(H,26,28). The number of hydrogen-bond acceptors (Lipinski definition) is 3. The molecule has 3 saturated heterocycles. The van der Waals surface area contributed by atoms with Gasteiger partial charge in [0.05, 0.1) is 5.92 Å². The monoisotopic (exact) mass is 397 g/mol. The minimum absolute atomic E-state index is 0.0139. The molecule has 0 radical (unpaired) electrons. The smallest absolute Gasteiger partial charge is 0.246 e. The first kappa shape index (κ1) is 20.4. The summed E-state index contributed by atoms with van der Waals surface area (Å²) < 4.78 is 0. The Bertz CT molecular complexity index is 763. The van der Waals surface area contributed by atoms with Gasteiger partial charge in [0.1, 0.15) is 5.54 Å². The van der Waals surface area contributed by atoms with Gasteiger partial charge in [0, 0.05) is 31.6 Å². The third kappa shape index (κ3) is 3.58. The van der Waals surface area contributed by atoms with Crippen LogP contribution in [-0.2, 0) is 16.0 Å². The van der Waals surface area contributed by atoms with Crippen molar-refractivity contribution in [2.45, 2.75) is 52.1 Å². The molecule has 0 spiro atoms. The molecule has 5 heteroatoms. The number of amides is 2. The maximum atomic E-state index is 13.5. The van der Waals surface area contributed by atoms with E-state index in [1.165, 1.54) is 5.56 Å². The predicted molar refractivity (Wildman–Crippen MR) is 114 cm³/mol. The Morgan fingerprint density at radius 2 is 1.93 bits per heavy atom. The lowest BCUT2D eigenvalue weighted by molar-refractivity contribution is -0.154. The van der Waals surface area contributed by atoms with Crippen molar-refractivity contribution < 1.29 is 9.59 Å². The number of fused-ring (bicyclic) bond motifs is 1. The van der Waals surface area contributed by atoms with E-state index in [0.29, 0.717) is 18.4 Å². The zero-order valence-corrected chi connectivity index (χ0v) is 18.2. The number of carbonyl (C=O) groups excluding carboxylic acids is 2. The number of hydrogen-bond donors (Lipinski definition) is 2. The SMILES string of the molecule is CC(C)CNC(=O)C12CC3CN(CC(C)C)C(C3C(=O)N1)C2Cc1ccccc1. The molecule has 1 saturated carbocycles.